The number of ether oxygens (including phenoxy) is 1. The molecule has 2 N–H and O–H groups in total. The number of fused-ring (bicyclic) bond motifs is 2. The molecule has 30 heavy (non-hydrogen) atoms. The molecule has 0 aliphatic heterocycles. The fourth-order valence-electron chi connectivity index (χ4n) is 3.67. The van der Waals surface area contributed by atoms with Gasteiger partial charge in [0.15, 0.2) is 0 Å². The van der Waals surface area contributed by atoms with E-state index in [2.05, 4.69) is 15.3 Å². The Bertz CT molecular complexity index is 1270. The summed E-state index contributed by atoms with van der Waals surface area (Å²) in [6, 6.07) is 13.4. The van der Waals surface area contributed by atoms with Gasteiger partial charge < -0.3 is 19.6 Å². The number of aromatic amines is 1. The number of rotatable bonds is 7. The van der Waals surface area contributed by atoms with Crippen LogP contribution in [0.4, 0.5) is 0 Å². The molecular weight excluding hydrogens is 380 g/mol. The number of carbonyl (C=O) groups is 1. The molecule has 7 heteroatoms. The van der Waals surface area contributed by atoms with E-state index in [0.29, 0.717) is 25.2 Å². The van der Waals surface area contributed by atoms with Crippen molar-refractivity contribution >= 4 is 27.8 Å². The summed E-state index contributed by atoms with van der Waals surface area (Å²) >= 11 is 0. The van der Waals surface area contributed by atoms with E-state index in [1.165, 1.54) is 0 Å². The van der Waals surface area contributed by atoms with Gasteiger partial charge in [0.1, 0.15) is 11.4 Å². The molecule has 0 aliphatic carbocycles. The SMILES string of the molecule is COc1ccc2[nH]cc(CCNC(=O)CCn3c(=O)c(C)nc4ccccc43)c2c1. The van der Waals surface area contributed by atoms with Gasteiger partial charge in [0.25, 0.3) is 5.56 Å². The van der Waals surface area contributed by atoms with Gasteiger partial charge in [0, 0.05) is 36.6 Å². The van der Waals surface area contributed by atoms with Crippen LogP contribution in [0.5, 0.6) is 5.75 Å². The molecule has 4 aromatic rings. The first-order chi connectivity index (χ1) is 14.6. The van der Waals surface area contributed by atoms with Gasteiger partial charge in [-0.25, -0.2) is 4.98 Å². The zero-order chi connectivity index (χ0) is 21.1. The molecule has 0 radical (unpaired) electrons. The van der Waals surface area contributed by atoms with Gasteiger partial charge in [0.05, 0.1) is 18.1 Å². The standard InChI is InChI=1S/C23H24N4O3/c1-15-23(29)27(21-6-4-3-5-20(21)26-15)12-10-22(28)24-11-9-16-14-25-19-8-7-17(30-2)13-18(16)19/h3-8,13-14,25H,9-12H2,1-2H3,(H,24,28). The normalized spacial score (nSPS) is 11.1. The Morgan fingerprint density at radius 2 is 2.07 bits per heavy atom. The van der Waals surface area contributed by atoms with Crippen LogP contribution in [0.15, 0.2) is 53.5 Å². The number of aromatic nitrogens is 3. The van der Waals surface area contributed by atoms with Crippen molar-refractivity contribution in [2.75, 3.05) is 13.7 Å². The highest BCUT2D eigenvalue weighted by Gasteiger charge is 2.10. The van der Waals surface area contributed by atoms with Gasteiger partial charge in [0.2, 0.25) is 5.91 Å². The Morgan fingerprint density at radius 3 is 2.90 bits per heavy atom. The monoisotopic (exact) mass is 404 g/mol. The molecule has 2 heterocycles. The predicted octanol–water partition coefficient (Wildman–Crippen LogP) is 2.94. The van der Waals surface area contributed by atoms with Gasteiger partial charge in [-0.05, 0) is 49.2 Å². The van der Waals surface area contributed by atoms with Crippen LogP contribution in [0.2, 0.25) is 0 Å². The van der Waals surface area contributed by atoms with Crippen LogP contribution in [-0.4, -0.2) is 34.1 Å². The van der Waals surface area contributed by atoms with E-state index in [1.807, 2.05) is 48.7 Å². The number of aryl methyl sites for hydroxylation is 2. The van der Waals surface area contributed by atoms with E-state index in [-0.39, 0.29) is 17.9 Å². The highest BCUT2D eigenvalue weighted by Crippen LogP contribution is 2.23. The maximum atomic E-state index is 12.5. The van der Waals surface area contributed by atoms with Crippen molar-refractivity contribution < 1.29 is 9.53 Å². The minimum Gasteiger partial charge on any atom is -0.497 e. The highest BCUT2D eigenvalue weighted by atomic mass is 16.5. The number of hydrogen-bond acceptors (Lipinski definition) is 4. The van der Waals surface area contributed by atoms with E-state index < -0.39 is 0 Å². The Balaban J connectivity index is 1.38. The van der Waals surface area contributed by atoms with Crippen LogP contribution >= 0.6 is 0 Å². The molecule has 1 amide bonds. The number of methoxy groups -OCH3 is 1. The molecule has 7 nitrogen and oxygen atoms in total. The number of nitrogens with zero attached hydrogens (tertiary/aromatic N) is 2. The number of hydrogen-bond donors (Lipinski definition) is 2. The molecule has 0 saturated heterocycles. The number of benzene rings is 2. The van der Waals surface area contributed by atoms with Crippen molar-refractivity contribution in [3.63, 3.8) is 0 Å². The molecule has 0 aliphatic rings. The lowest BCUT2D eigenvalue weighted by atomic mass is 10.1. The highest BCUT2D eigenvalue weighted by molar-refractivity contribution is 5.84. The average molecular weight is 404 g/mol. The van der Waals surface area contributed by atoms with E-state index in [1.54, 1.807) is 18.6 Å². The minimum absolute atomic E-state index is 0.0853. The van der Waals surface area contributed by atoms with Gasteiger partial charge in [-0.15, -0.1) is 0 Å². The summed E-state index contributed by atoms with van der Waals surface area (Å²) in [5.41, 5.74) is 3.93. The number of carbonyl (C=O) groups excluding carboxylic acids is 1. The molecule has 2 aromatic carbocycles. The minimum atomic E-state index is -0.158. The quantitative estimate of drug-likeness (QED) is 0.496. The molecule has 0 spiro atoms. The summed E-state index contributed by atoms with van der Waals surface area (Å²) in [4.78, 5) is 32.4. The summed E-state index contributed by atoms with van der Waals surface area (Å²) in [7, 11) is 1.65. The van der Waals surface area contributed by atoms with E-state index in [0.717, 1.165) is 33.2 Å². The van der Waals surface area contributed by atoms with Crippen molar-refractivity contribution in [1.29, 1.82) is 0 Å². The molecule has 0 unspecified atom stereocenters. The number of para-hydroxylation sites is 2. The molecule has 4 rings (SSSR count). The zero-order valence-corrected chi connectivity index (χ0v) is 17.1. The largest absolute Gasteiger partial charge is 0.497 e. The van der Waals surface area contributed by atoms with Crippen LogP contribution in [0.25, 0.3) is 21.9 Å². The molecule has 0 atom stereocenters. The first-order valence-corrected chi connectivity index (χ1v) is 9.93. The van der Waals surface area contributed by atoms with Crippen molar-refractivity contribution in [3.05, 3.63) is 70.3 Å². The van der Waals surface area contributed by atoms with E-state index in [9.17, 15) is 9.59 Å². The van der Waals surface area contributed by atoms with Crippen molar-refractivity contribution in [3.8, 4) is 5.75 Å². The summed E-state index contributed by atoms with van der Waals surface area (Å²) < 4.78 is 6.92. The van der Waals surface area contributed by atoms with Gasteiger partial charge in [-0.2, -0.15) is 0 Å². The third kappa shape index (κ3) is 3.91. The molecule has 154 valence electrons. The predicted molar refractivity (Wildman–Crippen MR) is 117 cm³/mol. The van der Waals surface area contributed by atoms with Crippen LogP contribution in [0.1, 0.15) is 17.7 Å². The second-order valence-electron chi connectivity index (χ2n) is 7.22. The van der Waals surface area contributed by atoms with Crippen LogP contribution in [0.3, 0.4) is 0 Å². The molecule has 2 aromatic heterocycles. The fourth-order valence-corrected chi connectivity index (χ4v) is 3.67. The van der Waals surface area contributed by atoms with Gasteiger partial charge in [-0.3, -0.25) is 9.59 Å². The lowest BCUT2D eigenvalue weighted by Gasteiger charge is -2.11. The van der Waals surface area contributed by atoms with Crippen molar-refractivity contribution in [2.24, 2.45) is 0 Å². The topological polar surface area (TPSA) is 89.0 Å². The third-order valence-corrected chi connectivity index (χ3v) is 5.27. The van der Waals surface area contributed by atoms with Crippen LogP contribution < -0.4 is 15.6 Å². The first-order valence-electron chi connectivity index (χ1n) is 9.93. The Morgan fingerprint density at radius 1 is 1.23 bits per heavy atom. The van der Waals surface area contributed by atoms with Gasteiger partial charge >= 0.3 is 0 Å². The number of H-pyrrole nitrogens is 1. The van der Waals surface area contributed by atoms with Gasteiger partial charge in [-0.1, -0.05) is 12.1 Å². The molecular formula is C23H24N4O3. The van der Waals surface area contributed by atoms with E-state index in [4.69, 9.17) is 4.74 Å². The lowest BCUT2D eigenvalue weighted by Crippen LogP contribution is -2.30. The maximum Gasteiger partial charge on any atom is 0.272 e. The zero-order valence-electron chi connectivity index (χ0n) is 17.1. The number of amides is 1. The first kappa shape index (κ1) is 19.7. The Kier molecular flexibility index (Phi) is 5.52. The average Bonchev–Trinajstić information content (AvgIpc) is 3.16. The molecule has 0 fully saturated rings. The summed E-state index contributed by atoms with van der Waals surface area (Å²) in [5.74, 6) is 0.718. The maximum absolute atomic E-state index is 12.5. The smallest absolute Gasteiger partial charge is 0.272 e. The second-order valence-corrected chi connectivity index (χ2v) is 7.22. The van der Waals surface area contributed by atoms with Crippen LogP contribution in [0, 0.1) is 6.92 Å². The van der Waals surface area contributed by atoms with Crippen LogP contribution in [-0.2, 0) is 17.8 Å². The third-order valence-electron chi connectivity index (χ3n) is 5.27. The second kappa shape index (κ2) is 8.41. The van der Waals surface area contributed by atoms with Crippen molar-refractivity contribution in [1.82, 2.24) is 19.9 Å². The van der Waals surface area contributed by atoms with Crippen molar-refractivity contribution in [2.45, 2.75) is 26.3 Å². The Hall–Kier alpha value is -3.61. The fraction of sp³-hybridized carbons (Fsp3) is 0.261. The Labute approximate surface area is 173 Å². The number of nitrogens with one attached hydrogen (secondary N) is 2. The summed E-state index contributed by atoms with van der Waals surface area (Å²) in [5, 5.41) is 4.04. The summed E-state index contributed by atoms with van der Waals surface area (Å²) in [6.07, 6.45) is 2.90. The molecule has 0 bridgehead atoms. The van der Waals surface area contributed by atoms with E-state index >= 15 is 0 Å². The summed E-state index contributed by atoms with van der Waals surface area (Å²) in [6.45, 7) is 2.54. The lowest BCUT2D eigenvalue weighted by molar-refractivity contribution is -0.121. The molecule has 0 saturated carbocycles.